The summed E-state index contributed by atoms with van der Waals surface area (Å²) >= 11 is 0. The molecule has 1 N–H and O–H groups in total. The van der Waals surface area contributed by atoms with Gasteiger partial charge in [0, 0.05) is 5.56 Å². The predicted octanol–water partition coefficient (Wildman–Crippen LogP) is 2.76. The van der Waals surface area contributed by atoms with Crippen molar-refractivity contribution >= 4 is 5.97 Å². The van der Waals surface area contributed by atoms with E-state index in [1.54, 1.807) is 0 Å². The molecule has 1 saturated carbocycles. The number of carboxylic acids is 1. The van der Waals surface area contributed by atoms with Gasteiger partial charge in [-0.3, -0.25) is 4.79 Å². The van der Waals surface area contributed by atoms with E-state index >= 15 is 0 Å². The highest BCUT2D eigenvalue weighted by Gasteiger charge is 2.53. The van der Waals surface area contributed by atoms with Crippen molar-refractivity contribution in [3.05, 3.63) is 42.0 Å². The van der Waals surface area contributed by atoms with Crippen LogP contribution in [0, 0.1) is 0 Å². The lowest BCUT2D eigenvalue weighted by molar-refractivity contribution is -0.140. The molecule has 1 aromatic carbocycles. The number of carbonyl (C=O) groups is 1. The van der Waals surface area contributed by atoms with Crippen molar-refractivity contribution in [1.29, 1.82) is 0 Å². The van der Waals surface area contributed by atoms with Crippen LogP contribution in [0.4, 0.5) is 0 Å². The van der Waals surface area contributed by atoms with Gasteiger partial charge in [0.05, 0.1) is 5.41 Å². The number of hydrogen-bond donors (Lipinski definition) is 1. The molecule has 1 fully saturated rings. The Morgan fingerprint density at radius 2 is 2.12 bits per heavy atom. The molecular weight excluding hydrogens is 216 g/mol. The van der Waals surface area contributed by atoms with Crippen molar-refractivity contribution < 1.29 is 14.6 Å². The Labute approximate surface area is 101 Å². The molecule has 1 aliphatic carbocycles. The average Bonchev–Trinajstić information content (AvgIpc) is 3.08. The highest BCUT2D eigenvalue weighted by molar-refractivity contribution is 5.86. The molecule has 1 aromatic rings. The molecule has 0 unspecified atom stereocenters. The van der Waals surface area contributed by atoms with E-state index in [4.69, 9.17) is 4.74 Å². The summed E-state index contributed by atoms with van der Waals surface area (Å²) in [7, 11) is 0. The molecule has 0 heterocycles. The van der Waals surface area contributed by atoms with Gasteiger partial charge in [-0.1, -0.05) is 24.8 Å². The zero-order valence-electron chi connectivity index (χ0n) is 9.90. The van der Waals surface area contributed by atoms with Crippen LogP contribution in [0.2, 0.25) is 0 Å². The summed E-state index contributed by atoms with van der Waals surface area (Å²) in [6.45, 7) is 6.08. The van der Waals surface area contributed by atoms with Crippen LogP contribution in [0.1, 0.15) is 25.3 Å². The van der Waals surface area contributed by atoms with E-state index in [0.29, 0.717) is 25.2 Å². The number of rotatable bonds is 5. The summed E-state index contributed by atoms with van der Waals surface area (Å²) in [5, 5.41) is 9.29. The van der Waals surface area contributed by atoms with Crippen LogP contribution in [0.25, 0.3) is 0 Å². The van der Waals surface area contributed by atoms with Crippen molar-refractivity contribution in [3.63, 3.8) is 0 Å². The molecule has 0 amide bonds. The predicted molar refractivity (Wildman–Crippen MR) is 65.3 cm³/mol. The Kier molecular flexibility index (Phi) is 2.92. The molecule has 90 valence electrons. The van der Waals surface area contributed by atoms with Crippen LogP contribution >= 0.6 is 0 Å². The Morgan fingerprint density at radius 3 is 2.65 bits per heavy atom. The fourth-order valence-electron chi connectivity index (χ4n) is 1.91. The zero-order chi connectivity index (χ0) is 12.5. The molecule has 0 atom stereocenters. The third-order valence-corrected chi connectivity index (χ3v) is 3.04. The number of benzene rings is 1. The van der Waals surface area contributed by atoms with Gasteiger partial charge >= 0.3 is 5.97 Å². The van der Waals surface area contributed by atoms with Crippen LogP contribution in [0.3, 0.4) is 0 Å². The lowest BCUT2D eigenvalue weighted by Crippen LogP contribution is -2.20. The van der Waals surface area contributed by atoms with E-state index in [1.807, 2.05) is 31.2 Å². The fourth-order valence-corrected chi connectivity index (χ4v) is 1.91. The maximum absolute atomic E-state index is 11.3. The second kappa shape index (κ2) is 4.24. The fraction of sp³-hybridized carbons (Fsp3) is 0.357. The van der Waals surface area contributed by atoms with E-state index in [-0.39, 0.29) is 0 Å². The van der Waals surface area contributed by atoms with Crippen molar-refractivity contribution in [1.82, 2.24) is 0 Å². The van der Waals surface area contributed by atoms with Crippen molar-refractivity contribution in [2.24, 2.45) is 0 Å². The Hall–Kier alpha value is -1.77. The van der Waals surface area contributed by atoms with Gasteiger partial charge in [0.25, 0.3) is 0 Å². The molecule has 1 aliphatic rings. The minimum absolute atomic E-state index is 0.423. The number of hydrogen-bond acceptors (Lipinski definition) is 2. The van der Waals surface area contributed by atoms with Gasteiger partial charge in [-0.05, 0) is 31.4 Å². The van der Waals surface area contributed by atoms with Crippen LogP contribution in [-0.2, 0) is 10.2 Å². The third kappa shape index (κ3) is 2.18. The molecule has 17 heavy (non-hydrogen) atoms. The highest BCUT2D eigenvalue weighted by atomic mass is 16.5. The molecular formula is C14H16O3. The SMILES string of the molecule is C=C(C)COc1ccccc1C1(C(=O)O)CC1. The summed E-state index contributed by atoms with van der Waals surface area (Å²) in [6.07, 6.45) is 1.38. The van der Waals surface area contributed by atoms with Crippen LogP contribution < -0.4 is 4.74 Å². The van der Waals surface area contributed by atoms with E-state index < -0.39 is 11.4 Å². The standard InChI is InChI=1S/C14H16O3/c1-10(2)9-17-12-6-4-3-5-11(12)14(7-8-14)13(15)16/h3-6H,1,7-9H2,2H3,(H,15,16). The topological polar surface area (TPSA) is 46.5 Å². The summed E-state index contributed by atoms with van der Waals surface area (Å²) in [5.74, 6) is -0.0979. The molecule has 3 heteroatoms. The molecule has 0 bridgehead atoms. The van der Waals surface area contributed by atoms with Gasteiger partial charge in [0.15, 0.2) is 0 Å². The molecule has 2 rings (SSSR count). The summed E-state index contributed by atoms with van der Waals surface area (Å²) in [5.41, 5.74) is 0.986. The number of aliphatic carboxylic acids is 1. The molecule has 0 aliphatic heterocycles. The van der Waals surface area contributed by atoms with Crippen molar-refractivity contribution in [3.8, 4) is 5.75 Å². The maximum atomic E-state index is 11.3. The Bertz CT molecular complexity index is 458. The van der Waals surface area contributed by atoms with E-state index in [1.165, 1.54) is 0 Å². The highest BCUT2D eigenvalue weighted by Crippen LogP contribution is 2.51. The maximum Gasteiger partial charge on any atom is 0.314 e. The van der Waals surface area contributed by atoms with Crippen LogP contribution in [0.5, 0.6) is 5.75 Å². The summed E-state index contributed by atoms with van der Waals surface area (Å²) in [4.78, 5) is 11.3. The second-order valence-corrected chi connectivity index (χ2v) is 4.63. The summed E-state index contributed by atoms with van der Waals surface area (Å²) in [6, 6.07) is 7.37. The number of para-hydroxylation sites is 1. The monoisotopic (exact) mass is 232 g/mol. The zero-order valence-corrected chi connectivity index (χ0v) is 9.90. The molecule has 0 aromatic heterocycles. The normalized spacial score (nSPS) is 16.3. The largest absolute Gasteiger partial charge is 0.489 e. The first kappa shape index (κ1) is 11.7. The average molecular weight is 232 g/mol. The summed E-state index contributed by atoms with van der Waals surface area (Å²) < 4.78 is 5.61. The smallest absolute Gasteiger partial charge is 0.314 e. The number of ether oxygens (including phenoxy) is 1. The first-order chi connectivity index (χ1) is 8.06. The molecule has 3 nitrogen and oxygen atoms in total. The third-order valence-electron chi connectivity index (χ3n) is 3.04. The minimum Gasteiger partial charge on any atom is -0.489 e. The van der Waals surface area contributed by atoms with Crippen LogP contribution in [0.15, 0.2) is 36.4 Å². The van der Waals surface area contributed by atoms with Gasteiger partial charge in [-0.25, -0.2) is 0 Å². The van der Waals surface area contributed by atoms with Crippen molar-refractivity contribution in [2.45, 2.75) is 25.2 Å². The molecule has 0 saturated heterocycles. The van der Waals surface area contributed by atoms with Gasteiger partial charge in [0.1, 0.15) is 12.4 Å². The van der Waals surface area contributed by atoms with Crippen LogP contribution in [-0.4, -0.2) is 17.7 Å². The van der Waals surface area contributed by atoms with E-state index in [0.717, 1.165) is 11.1 Å². The van der Waals surface area contributed by atoms with E-state index in [2.05, 4.69) is 6.58 Å². The van der Waals surface area contributed by atoms with Crippen molar-refractivity contribution in [2.75, 3.05) is 6.61 Å². The first-order valence-electron chi connectivity index (χ1n) is 5.66. The quantitative estimate of drug-likeness (QED) is 0.794. The van der Waals surface area contributed by atoms with Gasteiger partial charge in [-0.2, -0.15) is 0 Å². The van der Waals surface area contributed by atoms with Gasteiger partial charge in [0.2, 0.25) is 0 Å². The minimum atomic E-state index is -0.760. The second-order valence-electron chi connectivity index (χ2n) is 4.63. The Balaban J connectivity index is 2.28. The number of carboxylic acid groups (broad SMARTS) is 1. The Morgan fingerprint density at radius 1 is 1.47 bits per heavy atom. The molecule has 0 radical (unpaired) electrons. The van der Waals surface area contributed by atoms with E-state index in [9.17, 15) is 9.90 Å². The lowest BCUT2D eigenvalue weighted by Gasteiger charge is -2.16. The van der Waals surface area contributed by atoms with Gasteiger partial charge in [-0.15, -0.1) is 0 Å². The molecule has 0 spiro atoms. The first-order valence-corrected chi connectivity index (χ1v) is 5.66. The van der Waals surface area contributed by atoms with Gasteiger partial charge < -0.3 is 9.84 Å². The lowest BCUT2D eigenvalue weighted by atomic mass is 9.95.